The van der Waals surface area contributed by atoms with Gasteiger partial charge in [-0.15, -0.1) is 0 Å². The van der Waals surface area contributed by atoms with Crippen LogP contribution in [-0.2, 0) is 16.0 Å². The Morgan fingerprint density at radius 1 is 1.03 bits per heavy atom. The number of carbonyl (C=O) groups excluding carboxylic acids is 2. The Bertz CT molecular complexity index is 895. The fourth-order valence-corrected chi connectivity index (χ4v) is 3.63. The first-order valence-electron chi connectivity index (χ1n) is 10.1. The average molecular weight is 447 g/mol. The van der Waals surface area contributed by atoms with Gasteiger partial charge in [-0.25, -0.2) is 0 Å². The molecule has 0 aromatic heterocycles. The van der Waals surface area contributed by atoms with Crippen LogP contribution >= 0.6 is 11.6 Å². The summed E-state index contributed by atoms with van der Waals surface area (Å²) in [6.45, 7) is 1.16. The number of methoxy groups -OCH3 is 2. The zero-order valence-corrected chi connectivity index (χ0v) is 18.5. The van der Waals surface area contributed by atoms with Crippen molar-refractivity contribution in [3.05, 3.63) is 53.1 Å². The molecule has 1 saturated heterocycles. The molecule has 2 amide bonds. The summed E-state index contributed by atoms with van der Waals surface area (Å²) in [6.07, 6.45) is 1.72. The smallest absolute Gasteiger partial charge is 0.258 e. The Balaban J connectivity index is 1.42. The minimum Gasteiger partial charge on any atom is -0.493 e. The molecule has 1 fully saturated rings. The zero-order chi connectivity index (χ0) is 22.2. The number of hydrogen-bond donors (Lipinski definition) is 1. The van der Waals surface area contributed by atoms with Crippen LogP contribution in [0.2, 0.25) is 5.02 Å². The minimum atomic E-state index is -0.176. The van der Waals surface area contributed by atoms with Crippen molar-refractivity contribution in [2.24, 2.45) is 0 Å². The molecule has 0 spiro atoms. The maximum Gasteiger partial charge on any atom is 0.258 e. The van der Waals surface area contributed by atoms with Crippen molar-refractivity contribution >= 4 is 23.4 Å². The lowest BCUT2D eigenvalue weighted by Gasteiger charge is -2.32. The van der Waals surface area contributed by atoms with E-state index in [1.807, 2.05) is 17.0 Å². The number of halogens is 1. The van der Waals surface area contributed by atoms with E-state index in [-0.39, 0.29) is 24.5 Å². The third-order valence-electron chi connectivity index (χ3n) is 5.20. The second-order valence-corrected chi connectivity index (χ2v) is 7.77. The lowest BCUT2D eigenvalue weighted by atomic mass is 10.0. The van der Waals surface area contributed by atoms with Crippen LogP contribution in [0.25, 0.3) is 0 Å². The highest BCUT2D eigenvalue weighted by Gasteiger charge is 2.24. The van der Waals surface area contributed by atoms with Crippen LogP contribution < -0.4 is 19.5 Å². The van der Waals surface area contributed by atoms with E-state index in [0.717, 1.165) is 5.56 Å². The molecule has 1 heterocycles. The van der Waals surface area contributed by atoms with Gasteiger partial charge < -0.3 is 24.4 Å². The van der Waals surface area contributed by atoms with Crippen molar-refractivity contribution < 1.29 is 23.8 Å². The molecule has 31 heavy (non-hydrogen) atoms. The average Bonchev–Trinajstić information content (AvgIpc) is 2.79. The van der Waals surface area contributed by atoms with Crippen LogP contribution in [0.4, 0.5) is 0 Å². The SMILES string of the molecule is COc1ccc(CC(=O)N2CCC(NC(=O)COc3ccc(Cl)cc3)CC2)cc1OC. The Kier molecular flexibility index (Phi) is 8.00. The van der Waals surface area contributed by atoms with Crippen LogP contribution in [-0.4, -0.2) is 56.7 Å². The van der Waals surface area contributed by atoms with E-state index in [1.54, 1.807) is 44.6 Å². The van der Waals surface area contributed by atoms with Gasteiger partial charge in [-0.3, -0.25) is 9.59 Å². The van der Waals surface area contributed by atoms with Crippen LogP contribution in [0.5, 0.6) is 17.2 Å². The molecule has 3 rings (SSSR count). The predicted octanol–water partition coefficient (Wildman–Crippen LogP) is 3.09. The summed E-state index contributed by atoms with van der Waals surface area (Å²) in [5.41, 5.74) is 0.873. The molecule has 0 radical (unpaired) electrons. The first kappa shape index (κ1) is 22.7. The van der Waals surface area contributed by atoms with Crippen molar-refractivity contribution in [1.29, 1.82) is 0 Å². The van der Waals surface area contributed by atoms with Gasteiger partial charge in [-0.1, -0.05) is 17.7 Å². The first-order valence-corrected chi connectivity index (χ1v) is 10.5. The van der Waals surface area contributed by atoms with Gasteiger partial charge in [-0.05, 0) is 54.8 Å². The molecule has 7 nitrogen and oxygen atoms in total. The van der Waals surface area contributed by atoms with E-state index in [9.17, 15) is 9.59 Å². The van der Waals surface area contributed by atoms with Gasteiger partial charge in [-0.2, -0.15) is 0 Å². The first-order chi connectivity index (χ1) is 15.0. The highest BCUT2D eigenvalue weighted by Crippen LogP contribution is 2.28. The summed E-state index contributed by atoms with van der Waals surface area (Å²) in [6, 6.07) is 12.4. The van der Waals surface area contributed by atoms with E-state index in [2.05, 4.69) is 5.32 Å². The number of likely N-dealkylation sites (tertiary alicyclic amines) is 1. The Hall–Kier alpha value is -2.93. The summed E-state index contributed by atoms with van der Waals surface area (Å²) in [5.74, 6) is 1.72. The normalized spacial score (nSPS) is 14.1. The molecule has 2 aromatic rings. The summed E-state index contributed by atoms with van der Waals surface area (Å²) in [4.78, 5) is 26.7. The summed E-state index contributed by atoms with van der Waals surface area (Å²) in [7, 11) is 3.15. The van der Waals surface area contributed by atoms with Gasteiger partial charge >= 0.3 is 0 Å². The van der Waals surface area contributed by atoms with Crippen molar-refractivity contribution in [3.8, 4) is 17.2 Å². The number of nitrogens with zero attached hydrogens (tertiary/aromatic N) is 1. The van der Waals surface area contributed by atoms with E-state index in [4.69, 9.17) is 25.8 Å². The van der Waals surface area contributed by atoms with Gasteiger partial charge in [0, 0.05) is 24.2 Å². The van der Waals surface area contributed by atoms with Crippen LogP contribution in [0, 0.1) is 0 Å². The van der Waals surface area contributed by atoms with Crippen LogP contribution in [0.15, 0.2) is 42.5 Å². The van der Waals surface area contributed by atoms with Gasteiger partial charge in [0.2, 0.25) is 5.91 Å². The molecule has 166 valence electrons. The largest absolute Gasteiger partial charge is 0.493 e. The third kappa shape index (κ3) is 6.52. The number of hydrogen-bond acceptors (Lipinski definition) is 5. The fraction of sp³-hybridized carbons (Fsp3) is 0.391. The summed E-state index contributed by atoms with van der Waals surface area (Å²) >= 11 is 5.83. The van der Waals surface area contributed by atoms with Crippen molar-refractivity contribution in [3.63, 3.8) is 0 Å². The number of carbonyl (C=O) groups is 2. The molecule has 1 N–H and O–H groups in total. The molecule has 0 atom stereocenters. The maximum atomic E-state index is 12.7. The molecule has 1 aliphatic heterocycles. The van der Waals surface area contributed by atoms with Gasteiger partial charge in [0.25, 0.3) is 5.91 Å². The lowest BCUT2D eigenvalue weighted by molar-refractivity contribution is -0.131. The van der Waals surface area contributed by atoms with E-state index >= 15 is 0 Å². The third-order valence-corrected chi connectivity index (χ3v) is 5.45. The van der Waals surface area contributed by atoms with Crippen molar-refractivity contribution in [2.45, 2.75) is 25.3 Å². The fourth-order valence-electron chi connectivity index (χ4n) is 3.50. The highest BCUT2D eigenvalue weighted by atomic mass is 35.5. The van der Waals surface area contributed by atoms with Gasteiger partial charge in [0.05, 0.1) is 20.6 Å². The van der Waals surface area contributed by atoms with Gasteiger partial charge in [0.15, 0.2) is 18.1 Å². The minimum absolute atomic E-state index is 0.0337. The Morgan fingerprint density at radius 2 is 1.71 bits per heavy atom. The monoisotopic (exact) mass is 446 g/mol. The number of piperidine rings is 1. The number of ether oxygens (including phenoxy) is 3. The molecule has 0 saturated carbocycles. The summed E-state index contributed by atoms with van der Waals surface area (Å²) in [5, 5.41) is 3.59. The van der Waals surface area contributed by atoms with E-state index in [0.29, 0.717) is 54.6 Å². The summed E-state index contributed by atoms with van der Waals surface area (Å²) < 4.78 is 16.0. The van der Waals surface area contributed by atoms with E-state index in [1.165, 1.54) is 0 Å². The predicted molar refractivity (Wildman–Crippen MR) is 118 cm³/mol. The zero-order valence-electron chi connectivity index (χ0n) is 17.7. The number of nitrogens with one attached hydrogen (secondary N) is 1. The standard InChI is InChI=1S/C23H27ClN2O5/c1-29-20-8-3-16(13-21(20)30-2)14-23(28)26-11-9-18(10-12-26)25-22(27)15-31-19-6-4-17(24)5-7-19/h3-8,13,18H,9-12,14-15H2,1-2H3,(H,25,27). The van der Waals surface area contributed by atoms with Crippen LogP contribution in [0.1, 0.15) is 18.4 Å². The van der Waals surface area contributed by atoms with Crippen LogP contribution in [0.3, 0.4) is 0 Å². The Morgan fingerprint density at radius 3 is 2.35 bits per heavy atom. The molecule has 0 bridgehead atoms. The second kappa shape index (κ2) is 10.9. The molecule has 0 aliphatic carbocycles. The molecule has 1 aliphatic rings. The molecule has 8 heteroatoms. The van der Waals surface area contributed by atoms with Crippen molar-refractivity contribution in [1.82, 2.24) is 10.2 Å². The van der Waals surface area contributed by atoms with Gasteiger partial charge in [0.1, 0.15) is 5.75 Å². The maximum absolute atomic E-state index is 12.7. The number of rotatable bonds is 8. The lowest BCUT2D eigenvalue weighted by Crippen LogP contribution is -2.47. The highest BCUT2D eigenvalue weighted by molar-refractivity contribution is 6.30. The molecule has 0 unspecified atom stereocenters. The number of amides is 2. The van der Waals surface area contributed by atoms with E-state index < -0.39 is 0 Å². The second-order valence-electron chi connectivity index (χ2n) is 7.33. The van der Waals surface area contributed by atoms with Crippen molar-refractivity contribution in [2.75, 3.05) is 33.9 Å². The topological polar surface area (TPSA) is 77.1 Å². The molecular weight excluding hydrogens is 420 g/mol. The molecule has 2 aromatic carbocycles. The number of benzene rings is 2. The quantitative estimate of drug-likeness (QED) is 0.674. The Labute approximate surface area is 187 Å². The molecular formula is C23H27ClN2O5.